The van der Waals surface area contributed by atoms with Crippen molar-refractivity contribution in [2.24, 2.45) is 5.92 Å². The topological polar surface area (TPSA) is 66.4 Å². The molecule has 114 valence electrons. The Balaban J connectivity index is 1.93. The standard InChI is InChI=1S/C15H17F2NO3/c16-13(17)10-2-1-3-11(8-10)14(19)18-12-6-4-9(5-7-12)15(20)21/h1-3,8-9,12-13H,4-7H2,(H,18,19)(H,20,21). The van der Waals surface area contributed by atoms with Crippen molar-refractivity contribution >= 4 is 11.9 Å². The molecule has 4 nitrogen and oxygen atoms in total. The highest BCUT2D eigenvalue weighted by Crippen LogP contribution is 2.25. The van der Waals surface area contributed by atoms with Gasteiger partial charge in [0.2, 0.25) is 0 Å². The summed E-state index contributed by atoms with van der Waals surface area (Å²) in [6.45, 7) is 0. The predicted molar refractivity (Wildman–Crippen MR) is 72.2 cm³/mol. The third-order valence-electron chi connectivity index (χ3n) is 3.81. The SMILES string of the molecule is O=C(NC1CCC(C(=O)O)CC1)c1cccc(C(F)F)c1. The van der Waals surface area contributed by atoms with Crippen LogP contribution in [0.2, 0.25) is 0 Å². The van der Waals surface area contributed by atoms with Crippen molar-refractivity contribution < 1.29 is 23.5 Å². The third kappa shape index (κ3) is 4.00. The van der Waals surface area contributed by atoms with Gasteiger partial charge in [-0.2, -0.15) is 0 Å². The van der Waals surface area contributed by atoms with Crippen LogP contribution in [-0.4, -0.2) is 23.0 Å². The van der Waals surface area contributed by atoms with Crippen LogP contribution in [0.3, 0.4) is 0 Å². The summed E-state index contributed by atoms with van der Waals surface area (Å²) in [5.41, 5.74) is 0.0189. The Labute approximate surface area is 121 Å². The van der Waals surface area contributed by atoms with Gasteiger partial charge < -0.3 is 10.4 Å². The molecule has 1 amide bonds. The van der Waals surface area contributed by atoms with Crippen molar-refractivity contribution in [2.45, 2.75) is 38.2 Å². The molecule has 21 heavy (non-hydrogen) atoms. The second-order valence-corrected chi connectivity index (χ2v) is 5.29. The lowest BCUT2D eigenvalue weighted by Gasteiger charge is -2.26. The lowest BCUT2D eigenvalue weighted by atomic mass is 9.86. The van der Waals surface area contributed by atoms with Crippen molar-refractivity contribution in [3.63, 3.8) is 0 Å². The van der Waals surface area contributed by atoms with Gasteiger partial charge in [0, 0.05) is 17.2 Å². The zero-order valence-corrected chi connectivity index (χ0v) is 11.4. The maximum Gasteiger partial charge on any atom is 0.306 e. The summed E-state index contributed by atoms with van der Waals surface area (Å²) in [7, 11) is 0. The Hall–Kier alpha value is -1.98. The van der Waals surface area contributed by atoms with Gasteiger partial charge in [-0.25, -0.2) is 8.78 Å². The zero-order valence-electron chi connectivity index (χ0n) is 11.4. The molecule has 2 N–H and O–H groups in total. The van der Waals surface area contributed by atoms with Crippen molar-refractivity contribution in [1.82, 2.24) is 5.32 Å². The van der Waals surface area contributed by atoms with Crippen LogP contribution < -0.4 is 5.32 Å². The maximum absolute atomic E-state index is 12.6. The Morgan fingerprint density at radius 2 is 1.86 bits per heavy atom. The molecule has 1 fully saturated rings. The highest BCUT2D eigenvalue weighted by atomic mass is 19.3. The third-order valence-corrected chi connectivity index (χ3v) is 3.81. The van der Waals surface area contributed by atoms with Gasteiger partial charge in [-0.05, 0) is 37.8 Å². The number of carbonyl (C=O) groups excluding carboxylic acids is 1. The molecule has 1 saturated carbocycles. The van der Waals surface area contributed by atoms with E-state index in [9.17, 15) is 18.4 Å². The van der Waals surface area contributed by atoms with Crippen LogP contribution in [0.25, 0.3) is 0 Å². The molecule has 0 atom stereocenters. The van der Waals surface area contributed by atoms with Gasteiger partial charge in [0.1, 0.15) is 0 Å². The molecule has 0 aromatic heterocycles. The second kappa shape index (κ2) is 6.65. The number of hydrogen-bond acceptors (Lipinski definition) is 2. The van der Waals surface area contributed by atoms with Crippen molar-refractivity contribution in [1.29, 1.82) is 0 Å². The minimum Gasteiger partial charge on any atom is -0.481 e. The molecular weight excluding hydrogens is 280 g/mol. The van der Waals surface area contributed by atoms with Crippen LogP contribution in [0, 0.1) is 5.92 Å². The van der Waals surface area contributed by atoms with Crippen LogP contribution in [0.4, 0.5) is 8.78 Å². The number of carboxylic acids is 1. The number of aliphatic carboxylic acids is 1. The molecule has 0 spiro atoms. The minimum atomic E-state index is -2.61. The number of nitrogens with one attached hydrogen (secondary N) is 1. The largest absolute Gasteiger partial charge is 0.481 e. The summed E-state index contributed by atoms with van der Waals surface area (Å²) in [4.78, 5) is 22.9. The molecule has 0 unspecified atom stereocenters. The van der Waals surface area contributed by atoms with E-state index in [1.165, 1.54) is 24.3 Å². The van der Waals surface area contributed by atoms with Crippen LogP contribution in [0.5, 0.6) is 0 Å². The molecular formula is C15H17F2NO3. The van der Waals surface area contributed by atoms with Crippen LogP contribution in [-0.2, 0) is 4.79 Å². The summed E-state index contributed by atoms with van der Waals surface area (Å²) in [6, 6.07) is 5.29. The van der Waals surface area contributed by atoms with Crippen LogP contribution >= 0.6 is 0 Å². The van der Waals surface area contributed by atoms with Gasteiger partial charge in [0.25, 0.3) is 12.3 Å². The van der Waals surface area contributed by atoms with Crippen molar-refractivity contribution in [3.05, 3.63) is 35.4 Å². The van der Waals surface area contributed by atoms with Gasteiger partial charge in [0.15, 0.2) is 0 Å². The molecule has 0 aliphatic heterocycles. The van der Waals surface area contributed by atoms with Gasteiger partial charge in [-0.15, -0.1) is 0 Å². The smallest absolute Gasteiger partial charge is 0.306 e. The highest BCUT2D eigenvalue weighted by Gasteiger charge is 2.27. The van der Waals surface area contributed by atoms with E-state index in [0.717, 1.165) is 0 Å². The van der Waals surface area contributed by atoms with E-state index in [1.807, 2.05) is 0 Å². The molecule has 0 radical (unpaired) electrons. The fourth-order valence-corrected chi connectivity index (χ4v) is 2.57. The van der Waals surface area contributed by atoms with Crippen molar-refractivity contribution in [3.8, 4) is 0 Å². The fraction of sp³-hybridized carbons (Fsp3) is 0.467. The Bertz CT molecular complexity index is 525. The number of carbonyl (C=O) groups is 2. The number of halogens is 2. The quantitative estimate of drug-likeness (QED) is 0.897. The minimum absolute atomic E-state index is 0.0942. The van der Waals surface area contributed by atoms with E-state index >= 15 is 0 Å². The van der Waals surface area contributed by atoms with E-state index in [0.29, 0.717) is 25.7 Å². The predicted octanol–water partition coefficient (Wildman–Crippen LogP) is 3.00. The lowest BCUT2D eigenvalue weighted by Crippen LogP contribution is -2.38. The fourth-order valence-electron chi connectivity index (χ4n) is 2.57. The Kier molecular flexibility index (Phi) is 4.88. The first-order valence-corrected chi connectivity index (χ1v) is 6.89. The van der Waals surface area contributed by atoms with E-state index in [-0.39, 0.29) is 23.1 Å². The second-order valence-electron chi connectivity index (χ2n) is 5.29. The molecule has 0 saturated heterocycles. The normalized spacial score (nSPS) is 22.0. The first-order valence-electron chi connectivity index (χ1n) is 6.89. The van der Waals surface area contributed by atoms with Gasteiger partial charge in [-0.1, -0.05) is 12.1 Å². The molecule has 0 heterocycles. The lowest BCUT2D eigenvalue weighted by molar-refractivity contribution is -0.142. The summed E-state index contributed by atoms with van der Waals surface area (Å²) < 4.78 is 25.2. The molecule has 0 bridgehead atoms. The Morgan fingerprint density at radius 1 is 1.19 bits per heavy atom. The number of hydrogen-bond donors (Lipinski definition) is 2. The van der Waals surface area contributed by atoms with E-state index < -0.39 is 18.3 Å². The van der Waals surface area contributed by atoms with Gasteiger partial charge in [0.05, 0.1) is 5.92 Å². The van der Waals surface area contributed by atoms with Crippen LogP contribution in [0.1, 0.15) is 48.0 Å². The average molecular weight is 297 g/mol. The Morgan fingerprint density at radius 3 is 2.43 bits per heavy atom. The summed E-state index contributed by atoms with van der Waals surface area (Å²) in [6.07, 6.45) is -0.368. The number of amides is 1. The first kappa shape index (κ1) is 15.4. The average Bonchev–Trinajstić information content (AvgIpc) is 2.48. The van der Waals surface area contributed by atoms with Crippen molar-refractivity contribution in [2.75, 3.05) is 0 Å². The zero-order chi connectivity index (χ0) is 15.4. The molecule has 6 heteroatoms. The summed E-state index contributed by atoms with van der Waals surface area (Å²) in [5, 5.41) is 11.7. The van der Waals surface area contributed by atoms with E-state index in [4.69, 9.17) is 5.11 Å². The maximum atomic E-state index is 12.6. The number of alkyl halides is 2. The molecule has 1 aromatic carbocycles. The molecule has 1 aromatic rings. The van der Waals surface area contributed by atoms with E-state index in [2.05, 4.69) is 5.32 Å². The highest BCUT2D eigenvalue weighted by molar-refractivity contribution is 5.94. The van der Waals surface area contributed by atoms with Gasteiger partial charge >= 0.3 is 5.97 Å². The number of carboxylic acid groups (broad SMARTS) is 1. The number of rotatable bonds is 4. The van der Waals surface area contributed by atoms with Gasteiger partial charge in [-0.3, -0.25) is 9.59 Å². The summed E-state index contributed by atoms with van der Waals surface area (Å²) in [5.74, 6) is -1.54. The summed E-state index contributed by atoms with van der Waals surface area (Å²) >= 11 is 0. The van der Waals surface area contributed by atoms with E-state index in [1.54, 1.807) is 0 Å². The van der Waals surface area contributed by atoms with Crippen LogP contribution in [0.15, 0.2) is 24.3 Å². The molecule has 1 aliphatic carbocycles. The number of benzene rings is 1. The first-order chi connectivity index (χ1) is 9.97. The molecule has 1 aliphatic rings. The molecule has 2 rings (SSSR count). The monoisotopic (exact) mass is 297 g/mol.